The number of hydrogen-bond acceptors (Lipinski definition) is 6. The largest absolute Gasteiger partial charge is 0.493 e. The van der Waals surface area contributed by atoms with Crippen molar-refractivity contribution in [2.75, 3.05) is 19.0 Å². The number of amides is 2. The number of hydrogen-bond donors (Lipinski definition) is 2. The first kappa shape index (κ1) is 25.9. The zero-order valence-corrected chi connectivity index (χ0v) is 21.8. The van der Waals surface area contributed by atoms with Gasteiger partial charge in [-0.2, -0.15) is 0 Å². The molecule has 36 heavy (non-hydrogen) atoms. The third-order valence-corrected chi connectivity index (χ3v) is 6.43. The second-order valence-electron chi connectivity index (χ2n) is 7.34. The fourth-order valence-corrected chi connectivity index (χ4v) is 4.46. The molecule has 1 aliphatic heterocycles. The van der Waals surface area contributed by atoms with E-state index >= 15 is 0 Å². The van der Waals surface area contributed by atoms with Crippen molar-refractivity contribution in [3.8, 4) is 11.5 Å². The summed E-state index contributed by atoms with van der Waals surface area (Å²) in [5, 5.41) is 7.26. The number of aliphatic imine (C=N–C) groups is 1. The molecule has 1 saturated heterocycles. The smallest absolute Gasteiger partial charge is 0.264 e. The number of benzene rings is 3. The molecule has 4 rings (SSSR count). The molecular formula is C25H18Cl3N3O4S. The van der Waals surface area contributed by atoms with Crippen molar-refractivity contribution >= 4 is 81.0 Å². The zero-order chi connectivity index (χ0) is 25.7. The van der Waals surface area contributed by atoms with Crippen molar-refractivity contribution in [3.05, 3.63) is 86.2 Å². The number of carbonyl (C=O) groups is 2. The lowest BCUT2D eigenvalue weighted by Crippen LogP contribution is -2.20. The second kappa shape index (κ2) is 11.7. The maximum absolute atomic E-state index is 12.4. The summed E-state index contributed by atoms with van der Waals surface area (Å²) in [5.74, 6) is -0.150. The van der Waals surface area contributed by atoms with Gasteiger partial charge in [0.15, 0.2) is 23.3 Å². The fraction of sp³-hybridized carbons (Fsp3) is 0.0800. The summed E-state index contributed by atoms with van der Waals surface area (Å²) in [4.78, 5) is 29.6. The van der Waals surface area contributed by atoms with E-state index in [-0.39, 0.29) is 29.2 Å². The molecule has 3 aromatic carbocycles. The molecule has 1 heterocycles. The number of methoxy groups -OCH3 is 1. The van der Waals surface area contributed by atoms with Gasteiger partial charge in [0, 0.05) is 15.7 Å². The van der Waals surface area contributed by atoms with Gasteiger partial charge >= 0.3 is 0 Å². The van der Waals surface area contributed by atoms with Crippen molar-refractivity contribution in [3.63, 3.8) is 0 Å². The van der Waals surface area contributed by atoms with Gasteiger partial charge in [-0.05, 0) is 84.1 Å². The Morgan fingerprint density at radius 1 is 1.06 bits per heavy atom. The van der Waals surface area contributed by atoms with Crippen molar-refractivity contribution < 1.29 is 19.1 Å². The van der Waals surface area contributed by atoms with Gasteiger partial charge in [-0.25, -0.2) is 4.99 Å². The normalized spacial score (nSPS) is 15.2. The van der Waals surface area contributed by atoms with Crippen LogP contribution in [0.2, 0.25) is 15.1 Å². The van der Waals surface area contributed by atoms with E-state index in [1.165, 1.54) is 18.9 Å². The van der Waals surface area contributed by atoms with Gasteiger partial charge in [0.25, 0.3) is 11.8 Å². The minimum atomic E-state index is -0.381. The van der Waals surface area contributed by atoms with Crippen molar-refractivity contribution in [2.45, 2.75) is 0 Å². The molecule has 0 spiro atoms. The fourth-order valence-electron chi connectivity index (χ4n) is 3.10. The monoisotopic (exact) mass is 561 g/mol. The third-order valence-electron chi connectivity index (χ3n) is 4.73. The highest BCUT2D eigenvalue weighted by Gasteiger charge is 2.24. The van der Waals surface area contributed by atoms with Crippen LogP contribution < -0.4 is 20.1 Å². The predicted octanol–water partition coefficient (Wildman–Crippen LogP) is 6.56. The average molecular weight is 563 g/mol. The predicted molar refractivity (Wildman–Crippen MR) is 146 cm³/mol. The number of thioether (sulfide) groups is 1. The Kier molecular flexibility index (Phi) is 8.43. The number of halogens is 3. The van der Waals surface area contributed by atoms with E-state index in [0.717, 1.165) is 0 Å². The van der Waals surface area contributed by atoms with Crippen molar-refractivity contribution in [2.24, 2.45) is 4.99 Å². The van der Waals surface area contributed by atoms with Gasteiger partial charge < -0.3 is 20.1 Å². The van der Waals surface area contributed by atoms with Crippen LogP contribution in [0.4, 0.5) is 11.4 Å². The molecule has 0 bridgehead atoms. The summed E-state index contributed by atoms with van der Waals surface area (Å²) >= 11 is 19.4. The zero-order valence-electron chi connectivity index (χ0n) is 18.7. The Morgan fingerprint density at radius 2 is 1.72 bits per heavy atom. The average Bonchev–Trinajstić information content (AvgIpc) is 3.19. The lowest BCUT2D eigenvalue weighted by molar-refractivity contribution is -0.118. The van der Waals surface area contributed by atoms with Crippen LogP contribution in [0, 0.1) is 0 Å². The first-order valence-electron chi connectivity index (χ1n) is 10.4. The molecule has 0 aliphatic carbocycles. The summed E-state index contributed by atoms with van der Waals surface area (Å²) in [6.45, 7) is -0.290. The molecule has 2 N–H and O–H groups in total. The number of amidine groups is 1. The highest BCUT2D eigenvalue weighted by Crippen LogP contribution is 2.38. The maximum atomic E-state index is 12.4. The summed E-state index contributed by atoms with van der Waals surface area (Å²) in [6.07, 6.45) is 1.66. The van der Waals surface area contributed by atoms with Gasteiger partial charge in [0.1, 0.15) is 0 Å². The first-order chi connectivity index (χ1) is 17.3. The number of rotatable bonds is 7. The van der Waals surface area contributed by atoms with Gasteiger partial charge in [0.05, 0.1) is 22.7 Å². The highest BCUT2D eigenvalue weighted by atomic mass is 35.5. The van der Waals surface area contributed by atoms with Crippen LogP contribution in [0.3, 0.4) is 0 Å². The molecule has 0 radical (unpaired) electrons. The van der Waals surface area contributed by atoms with Crippen LogP contribution >= 0.6 is 46.6 Å². The summed E-state index contributed by atoms with van der Waals surface area (Å²) in [6, 6.07) is 16.9. The summed E-state index contributed by atoms with van der Waals surface area (Å²) < 4.78 is 11.0. The Bertz CT molecular complexity index is 1360. The SMILES string of the molecule is COc1cc(/C=C2\SC(=Nc3ccc(Cl)cc3)NC2=O)cc(Cl)c1OCC(=O)Nc1ccc(Cl)cc1. The Labute approximate surface area is 226 Å². The molecule has 1 fully saturated rings. The molecule has 1 aliphatic rings. The number of anilines is 1. The summed E-state index contributed by atoms with van der Waals surface area (Å²) in [5.41, 5.74) is 1.86. The number of nitrogens with one attached hydrogen (secondary N) is 2. The standard InChI is InChI=1S/C25H18Cl3N3O4S/c1-34-20-11-14(12-21-24(33)31-25(36-21)30-18-8-4-16(27)5-9-18)10-19(28)23(20)35-13-22(32)29-17-6-2-15(26)3-7-17/h2-12H,13H2,1H3,(H,29,32)(H,30,31,33)/b21-12-. The van der Waals surface area contributed by atoms with Crippen LogP contribution in [0.1, 0.15) is 5.56 Å². The van der Waals surface area contributed by atoms with Gasteiger partial charge in [-0.15, -0.1) is 0 Å². The number of nitrogens with zero attached hydrogens (tertiary/aromatic N) is 1. The molecule has 0 unspecified atom stereocenters. The molecular weight excluding hydrogens is 545 g/mol. The van der Waals surface area contributed by atoms with E-state index < -0.39 is 0 Å². The molecule has 0 atom stereocenters. The topological polar surface area (TPSA) is 89.0 Å². The Hall–Kier alpha value is -3.17. The van der Waals surface area contributed by atoms with Gasteiger partial charge in [-0.3, -0.25) is 9.59 Å². The molecule has 7 nitrogen and oxygen atoms in total. The lowest BCUT2D eigenvalue weighted by Gasteiger charge is -2.13. The molecule has 184 valence electrons. The molecule has 3 aromatic rings. The van der Waals surface area contributed by atoms with Crippen LogP contribution in [0.25, 0.3) is 6.08 Å². The van der Waals surface area contributed by atoms with Gasteiger partial charge in [0.2, 0.25) is 0 Å². The third kappa shape index (κ3) is 6.73. The van der Waals surface area contributed by atoms with E-state index in [0.29, 0.717) is 42.8 Å². The van der Waals surface area contributed by atoms with E-state index in [2.05, 4.69) is 15.6 Å². The molecule has 2 amide bonds. The van der Waals surface area contributed by atoms with E-state index in [1.807, 2.05) is 0 Å². The first-order valence-corrected chi connectivity index (χ1v) is 12.4. The van der Waals surface area contributed by atoms with Gasteiger partial charge in [-0.1, -0.05) is 34.8 Å². The second-order valence-corrected chi connectivity index (χ2v) is 9.65. The number of ether oxygens (including phenoxy) is 2. The van der Waals surface area contributed by atoms with Crippen LogP contribution in [-0.4, -0.2) is 30.7 Å². The van der Waals surface area contributed by atoms with Crippen molar-refractivity contribution in [1.29, 1.82) is 0 Å². The lowest BCUT2D eigenvalue weighted by atomic mass is 10.2. The molecule has 11 heteroatoms. The minimum Gasteiger partial charge on any atom is -0.493 e. The molecule has 0 aromatic heterocycles. The van der Waals surface area contributed by atoms with Crippen LogP contribution in [0.15, 0.2) is 70.6 Å². The van der Waals surface area contributed by atoms with E-state index in [1.54, 1.807) is 66.7 Å². The minimum absolute atomic E-state index is 0.209. The van der Waals surface area contributed by atoms with Crippen LogP contribution in [0.5, 0.6) is 11.5 Å². The maximum Gasteiger partial charge on any atom is 0.264 e. The van der Waals surface area contributed by atoms with Crippen molar-refractivity contribution in [1.82, 2.24) is 5.32 Å². The Morgan fingerprint density at radius 3 is 2.39 bits per heavy atom. The Balaban J connectivity index is 1.45. The quantitative estimate of drug-likeness (QED) is 0.318. The molecule has 0 saturated carbocycles. The highest BCUT2D eigenvalue weighted by molar-refractivity contribution is 8.18. The van der Waals surface area contributed by atoms with Crippen LogP contribution in [-0.2, 0) is 9.59 Å². The summed E-state index contributed by atoms with van der Waals surface area (Å²) in [7, 11) is 1.46. The van der Waals surface area contributed by atoms with E-state index in [4.69, 9.17) is 44.3 Å². The van der Waals surface area contributed by atoms with E-state index in [9.17, 15) is 9.59 Å². The number of carbonyl (C=O) groups excluding carboxylic acids is 2.